The van der Waals surface area contributed by atoms with Crippen molar-refractivity contribution in [1.29, 1.82) is 0 Å². The van der Waals surface area contributed by atoms with Crippen molar-refractivity contribution in [1.82, 2.24) is 10.2 Å². The van der Waals surface area contributed by atoms with E-state index in [1.807, 2.05) is 18.7 Å². The summed E-state index contributed by atoms with van der Waals surface area (Å²) in [6, 6.07) is 4.49. The van der Waals surface area contributed by atoms with Gasteiger partial charge in [-0.05, 0) is 12.1 Å². The molecular formula is C16H19N5O4S. The van der Waals surface area contributed by atoms with E-state index in [2.05, 4.69) is 15.5 Å². The predicted molar refractivity (Wildman–Crippen MR) is 98.1 cm³/mol. The normalized spacial score (nSPS) is 14.5. The van der Waals surface area contributed by atoms with E-state index in [-0.39, 0.29) is 17.2 Å². The molecule has 0 bridgehead atoms. The highest BCUT2D eigenvalue weighted by Gasteiger charge is 2.23. The molecule has 1 aliphatic rings. The van der Waals surface area contributed by atoms with Crippen LogP contribution in [0.1, 0.15) is 35.1 Å². The Morgan fingerprint density at radius 2 is 2.08 bits per heavy atom. The Bertz CT molecular complexity index is 817. The first kappa shape index (κ1) is 18.2. The van der Waals surface area contributed by atoms with Crippen LogP contribution in [0.4, 0.5) is 16.5 Å². The molecule has 3 rings (SSSR count). The molecule has 0 radical (unpaired) electrons. The molecule has 1 fully saturated rings. The maximum atomic E-state index is 12.4. The van der Waals surface area contributed by atoms with Gasteiger partial charge in [0, 0.05) is 30.6 Å². The minimum Gasteiger partial charge on any atom is -0.378 e. The van der Waals surface area contributed by atoms with Gasteiger partial charge in [0.15, 0.2) is 0 Å². The number of carbonyl (C=O) groups is 1. The van der Waals surface area contributed by atoms with Crippen molar-refractivity contribution in [2.45, 2.75) is 19.8 Å². The number of benzene rings is 1. The zero-order chi connectivity index (χ0) is 18.7. The van der Waals surface area contributed by atoms with Crippen LogP contribution in [-0.4, -0.2) is 47.3 Å². The standard InChI is InChI=1S/C16H19N5O4S/c1-10(2)15-18-19-16(26-15)17-14(22)11-3-4-12(13(9-11)21(23)24)20-5-7-25-8-6-20/h3-4,9-10H,5-8H2,1-2H3,(H,17,19,22). The summed E-state index contributed by atoms with van der Waals surface area (Å²) in [5.41, 5.74) is 0.600. The third-order valence-electron chi connectivity index (χ3n) is 3.94. The molecule has 1 amide bonds. The number of anilines is 2. The smallest absolute Gasteiger partial charge is 0.293 e. The molecule has 1 aromatic heterocycles. The monoisotopic (exact) mass is 377 g/mol. The van der Waals surface area contributed by atoms with E-state index in [0.29, 0.717) is 37.1 Å². The Kier molecular flexibility index (Phi) is 5.43. The van der Waals surface area contributed by atoms with Crippen molar-refractivity contribution >= 4 is 33.8 Å². The average Bonchev–Trinajstić information content (AvgIpc) is 3.10. The molecule has 26 heavy (non-hydrogen) atoms. The molecular weight excluding hydrogens is 358 g/mol. The van der Waals surface area contributed by atoms with E-state index in [1.54, 1.807) is 12.1 Å². The SMILES string of the molecule is CC(C)c1nnc(NC(=O)c2ccc(N3CCOCC3)c([N+](=O)[O-])c2)s1. The zero-order valence-electron chi connectivity index (χ0n) is 14.5. The number of hydrogen-bond acceptors (Lipinski definition) is 8. The maximum absolute atomic E-state index is 12.4. The molecule has 10 heteroatoms. The van der Waals surface area contributed by atoms with Crippen LogP contribution in [0.3, 0.4) is 0 Å². The van der Waals surface area contributed by atoms with Gasteiger partial charge >= 0.3 is 0 Å². The average molecular weight is 377 g/mol. The Labute approximate surface area is 154 Å². The summed E-state index contributed by atoms with van der Waals surface area (Å²) in [7, 11) is 0. The van der Waals surface area contributed by atoms with Crippen molar-refractivity contribution in [3.8, 4) is 0 Å². The summed E-state index contributed by atoms with van der Waals surface area (Å²) >= 11 is 1.29. The number of rotatable bonds is 5. The van der Waals surface area contributed by atoms with E-state index < -0.39 is 10.8 Å². The van der Waals surface area contributed by atoms with Crippen molar-refractivity contribution in [3.05, 3.63) is 38.9 Å². The Morgan fingerprint density at radius 1 is 1.35 bits per heavy atom. The fourth-order valence-electron chi connectivity index (χ4n) is 2.57. The van der Waals surface area contributed by atoms with Gasteiger partial charge in [-0.15, -0.1) is 10.2 Å². The first-order valence-corrected chi connectivity index (χ1v) is 9.03. The molecule has 0 spiro atoms. The van der Waals surface area contributed by atoms with E-state index >= 15 is 0 Å². The molecule has 1 aromatic carbocycles. The summed E-state index contributed by atoms with van der Waals surface area (Å²) in [5, 5.41) is 23.3. The molecule has 138 valence electrons. The minimum absolute atomic E-state index is 0.0975. The summed E-state index contributed by atoms with van der Waals surface area (Å²) in [5.74, 6) is -0.236. The van der Waals surface area contributed by atoms with Gasteiger partial charge in [-0.3, -0.25) is 20.2 Å². The van der Waals surface area contributed by atoms with Crippen LogP contribution >= 0.6 is 11.3 Å². The lowest BCUT2D eigenvalue weighted by Gasteiger charge is -2.28. The maximum Gasteiger partial charge on any atom is 0.293 e. The largest absolute Gasteiger partial charge is 0.378 e. The number of nitro groups is 1. The number of nitro benzene ring substituents is 1. The predicted octanol–water partition coefficient (Wildman–Crippen LogP) is 2.66. The lowest BCUT2D eigenvalue weighted by Crippen LogP contribution is -2.36. The molecule has 0 saturated carbocycles. The van der Waals surface area contributed by atoms with Gasteiger partial charge in [0.05, 0.1) is 18.1 Å². The quantitative estimate of drug-likeness (QED) is 0.630. The van der Waals surface area contributed by atoms with Gasteiger partial charge in [-0.25, -0.2) is 0 Å². The lowest BCUT2D eigenvalue weighted by atomic mass is 10.1. The number of hydrogen-bond donors (Lipinski definition) is 1. The fourth-order valence-corrected chi connectivity index (χ4v) is 3.31. The Hall–Kier alpha value is -2.59. The summed E-state index contributed by atoms with van der Waals surface area (Å²) in [6.45, 7) is 6.17. The van der Waals surface area contributed by atoms with Crippen molar-refractivity contribution < 1.29 is 14.5 Å². The number of amides is 1. The van der Waals surface area contributed by atoms with Crippen LogP contribution in [0.15, 0.2) is 18.2 Å². The highest BCUT2D eigenvalue weighted by molar-refractivity contribution is 7.15. The number of morpholine rings is 1. The van der Waals surface area contributed by atoms with Crippen LogP contribution in [0.5, 0.6) is 0 Å². The van der Waals surface area contributed by atoms with Gasteiger partial charge in [-0.2, -0.15) is 0 Å². The second-order valence-corrected chi connectivity index (χ2v) is 7.12. The second kappa shape index (κ2) is 7.75. The third-order valence-corrected chi connectivity index (χ3v) is 5.08. The molecule has 9 nitrogen and oxygen atoms in total. The zero-order valence-corrected chi connectivity index (χ0v) is 15.3. The van der Waals surface area contributed by atoms with Gasteiger partial charge in [-0.1, -0.05) is 25.2 Å². The van der Waals surface area contributed by atoms with Gasteiger partial charge in [0.25, 0.3) is 11.6 Å². The van der Waals surface area contributed by atoms with Gasteiger partial charge in [0.1, 0.15) is 10.7 Å². The molecule has 1 saturated heterocycles. The summed E-state index contributed by atoms with van der Waals surface area (Å²) < 4.78 is 5.28. The Balaban J connectivity index is 1.81. The number of ether oxygens (including phenoxy) is 1. The number of nitrogens with zero attached hydrogens (tertiary/aromatic N) is 4. The molecule has 1 aliphatic heterocycles. The third kappa shape index (κ3) is 3.97. The highest BCUT2D eigenvalue weighted by atomic mass is 32.1. The van der Waals surface area contributed by atoms with E-state index in [9.17, 15) is 14.9 Å². The first-order valence-electron chi connectivity index (χ1n) is 8.21. The number of carbonyl (C=O) groups excluding carboxylic acids is 1. The number of nitrogens with one attached hydrogen (secondary N) is 1. The van der Waals surface area contributed by atoms with Crippen molar-refractivity contribution in [3.63, 3.8) is 0 Å². The van der Waals surface area contributed by atoms with E-state index in [0.717, 1.165) is 5.01 Å². The van der Waals surface area contributed by atoms with Crippen LogP contribution in [-0.2, 0) is 4.74 Å². The Morgan fingerprint density at radius 3 is 2.69 bits per heavy atom. The van der Waals surface area contributed by atoms with Gasteiger partial charge < -0.3 is 9.64 Å². The van der Waals surface area contributed by atoms with Crippen molar-refractivity contribution in [2.24, 2.45) is 0 Å². The molecule has 2 heterocycles. The topological polar surface area (TPSA) is 110 Å². The molecule has 0 aliphatic carbocycles. The van der Waals surface area contributed by atoms with Crippen LogP contribution in [0.25, 0.3) is 0 Å². The lowest BCUT2D eigenvalue weighted by molar-refractivity contribution is -0.384. The fraction of sp³-hybridized carbons (Fsp3) is 0.438. The van der Waals surface area contributed by atoms with E-state index in [1.165, 1.54) is 17.4 Å². The first-order chi connectivity index (χ1) is 12.5. The van der Waals surface area contributed by atoms with Crippen LogP contribution in [0.2, 0.25) is 0 Å². The molecule has 2 aromatic rings. The van der Waals surface area contributed by atoms with Crippen molar-refractivity contribution in [2.75, 3.05) is 36.5 Å². The van der Waals surface area contributed by atoms with Crippen LogP contribution in [0, 0.1) is 10.1 Å². The van der Waals surface area contributed by atoms with Crippen LogP contribution < -0.4 is 10.2 Å². The summed E-state index contributed by atoms with van der Waals surface area (Å²) in [6.07, 6.45) is 0. The molecule has 1 N–H and O–H groups in total. The van der Waals surface area contributed by atoms with Gasteiger partial charge in [0.2, 0.25) is 5.13 Å². The number of aromatic nitrogens is 2. The molecule has 0 atom stereocenters. The minimum atomic E-state index is -0.469. The summed E-state index contributed by atoms with van der Waals surface area (Å²) in [4.78, 5) is 25.3. The second-order valence-electron chi connectivity index (χ2n) is 6.11. The highest BCUT2D eigenvalue weighted by Crippen LogP contribution is 2.30. The van der Waals surface area contributed by atoms with E-state index in [4.69, 9.17) is 4.74 Å². The molecule has 0 unspecified atom stereocenters.